The van der Waals surface area contributed by atoms with Crippen LogP contribution in [0.3, 0.4) is 0 Å². The molecule has 7 saturated heterocycles. The van der Waals surface area contributed by atoms with Crippen LogP contribution in [0.4, 0.5) is 0 Å². The third kappa shape index (κ3) is 31.2. The van der Waals surface area contributed by atoms with Crippen LogP contribution in [0.1, 0.15) is 219 Å². The Morgan fingerprint density at radius 3 is 0.851 bits per heavy atom. The van der Waals surface area contributed by atoms with Crippen LogP contribution in [-0.2, 0) is 71.1 Å². The summed E-state index contributed by atoms with van der Waals surface area (Å²) in [6.45, 7) is -3.17. The third-order valence-corrected chi connectivity index (χ3v) is 24.0. The Balaban J connectivity index is 0.931. The van der Waals surface area contributed by atoms with Gasteiger partial charge in [-0.3, -0.25) is 4.79 Å². The van der Waals surface area contributed by atoms with Crippen molar-refractivity contribution in [1.82, 2.24) is 5.32 Å². The average Bonchev–Trinajstić information content (AvgIpc) is 0.771. The molecule has 0 aromatic heterocycles. The van der Waals surface area contributed by atoms with E-state index >= 15 is 0 Å². The molecule has 14 unspecified atom stereocenters. The van der Waals surface area contributed by atoms with Crippen molar-refractivity contribution in [3.05, 3.63) is 12.2 Å². The largest absolute Gasteiger partial charge is 0.394 e. The van der Waals surface area contributed by atoms with Gasteiger partial charge in [0.15, 0.2) is 44.0 Å². The molecule has 121 heavy (non-hydrogen) atoms. The summed E-state index contributed by atoms with van der Waals surface area (Å²) in [6, 6.07) is -1.07. The highest BCUT2D eigenvalue weighted by molar-refractivity contribution is 5.76. The number of hydrogen-bond donors (Lipinski definition) is 24. The Hall–Kier alpha value is -2.27. The maximum atomic E-state index is 13.5. The first kappa shape index (κ1) is 106. The molecular formula is C82H149NO38. The second-order valence-electron chi connectivity index (χ2n) is 33.4. The van der Waals surface area contributed by atoms with Crippen molar-refractivity contribution in [2.24, 2.45) is 0 Å². The molecule has 0 saturated carbocycles. The van der Waals surface area contributed by atoms with E-state index in [1.54, 1.807) is 6.08 Å². The first-order valence-electron chi connectivity index (χ1n) is 44.5. The van der Waals surface area contributed by atoms with Gasteiger partial charge in [-0.25, -0.2) is 0 Å². The fourth-order valence-corrected chi connectivity index (χ4v) is 16.5. The standard InChI is InChI=1S/C82H149NO38/c1-3-5-7-9-11-13-15-17-18-19-20-21-22-24-26-28-30-32-34-36-54(92)83-45(46(91)35-33-31-29-27-25-23-16-14-12-10-8-6-4-2)44-108-76-64(102)61(99)70(52(42-89)114-76)116-78-65(103)62(100)71(53(43-90)115-78)117-79-66(104)73(57(95)48(38-85)110-79)119-81-68(106)75(59(97)50(40-87)112-81)121-82-69(107)74(58(96)51(41-88)113-82)120-80-67(105)72(56(94)49(39-86)111-80)118-77-63(101)60(98)55(93)47(37-84)109-77/h33,35,45-53,55-82,84-91,93-107H,3-32,34,36-44H2,1-2H3,(H,83,92)/b35-33+/t45-,46+,47?,48?,49?,50?,51?,52?,53?,55-,56-,57-,58-,59-,60-,61+,62+,63?,64?,65?,66?,67?,68?,69?,70+,71-,72-,73-,74-,75-,76+,77+,78-,79-,80+,81+,82+/m0/s1. The highest BCUT2D eigenvalue weighted by atomic mass is 16.8. The van der Waals surface area contributed by atoms with Gasteiger partial charge in [0.2, 0.25) is 5.91 Å². The minimum absolute atomic E-state index is 0.174. The lowest BCUT2D eigenvalue weighted by molar-refractivity contribution is -0.400. The quantitative estimate of drug-likeness (QED) is 0.0209. The van der Waals surface area contributed by atoms with E-state index < -0.39 is 280 Å². The van der Waals surface area contributed by atoms with Crippen LogP contribution in [0.2, 0.25) is 0 Å². The van der Waals surface area contributed by atoms with Gasteiger partial charge in [0, 0.05) is 6.42 Å². The summed E-state index contributed by atoms with van der Waals surface area (Å²) in [7, 11) is 0. The van der Waals surface area contributed by atoms with Gasteiger partial charge in [-0.15, -0.1) is 0 Å². The first-order chi connectivity index (χ1) is 58.3. The van der Waals surface area contributed by atoms with Gasteiger partial charge in [-0.1, -0.05) is 206 Å². The van der Waals surface area contributed by atoms with Crippen LogP contribution >= 0.6 is 0 Å². The van der Waals surface area contributed by atoms with E-state index in [2.05, 4.69) is 19.2 Å². The molecule has 7 fully saturated rings. The number of ether oxygens (including phenoxy) is 14. The summed E-state index contributed by atoms with van der Waals surface area (Å²) in [5.41, 5.74) is 0. The molecule has 39 heteroatoms. The minimum Gasteiger partial charge on any atom is -0.394 e. The fraction of sp³-hybridized carbons (Fsp3) is 0.963. The number of amides is 1. The minimum atomic E-state index is -2.34. The maximum Gasteiger partial charge on any atom is 0.220 e. The van der Waals surface area contributed by atoms with Crippen LogP contribution in [0.5, 0.6) is 0 Å². The summed E-state index contributed by atoms with van der Waals surface area (Å²) in [6.07, 6.45) is -31.7. The highest BCUT2D eigenvalue weighted by Crippen LogP contribution is 2.39. The Labute approximate surface area is 708 Å². The molecule has 0 aromatic rings. The van der Waals surface area contributed by atoms with E-state index in [1.807, 2.05) is 6.08 Å². The highest BCUT2D eigenvalue weighted by Gasteiger charge is 2.59. The van der Waals surface area contributed by atoms with Crippen molar-refractivity contribution in [1.29, 1.82) is 0 Å². The Bertz CT molecular complexity index is 2750. The van der Waals surface area contributed by atoms with E-state index in [4.69, 9.17) is 66.3 Å². The first-order valence-corrected chi connectivity index (χ1v) is 44.5. The summed E-state index contributed by atoms with van der Waals surface area (Å²) in [5, 5.41) is 258. The summed E-state index contributed by atoms with van der Waals surface area (Å²) in [5.74, 6) is -0.343. The molecule has 7 heterocycles. The topological polar surface area (TPSA) is 624 Å². The van der Waals surface area contributed by atoms with E-state index in [-0.39, 0.29) is 12.3 Å². The number of carbonyl (C=O) groups excluding carboxylic acids is 1. The van der Waals surface area contributed by atoms with E-state index in [9.17, 15) is 122 Å². The van der Waals surface area contributed by atoms with Crippen molar-refractivity contribution < 1.29 is 189 Å². The van der Waals surface area contributed by atoms with Crippen LogP contribution in [0, 0.1) is 0 Å². The third-order valence-electron chi connectivity index (χ3n) is 24.0. The Morgan fingerprint density at radius 1 is 0.289 bits per heavy atom. The van der Waals surface area contributed by atoms with Crippen LogP contribution in [-0.4, -0.2) is 403 Å². The smallest absolute Gasteiger partial charge is 0.220 e. The van der Waals surface area contributed by atoms with Crippen LogP contribution < -0.4 is 5.32 Å². The van der Waals surface area contributed by atoms with Gasteiger partial charge in [-0.2, -0.15) is 0 Å². The van der Waals surface area contributed by atoms with Gasteiger partial charge in [-0.05, 0) is 19.3 Å². The van der Waals surface area contributed by atoms with Crippen molar-refractivity contribution in [3.8, 4) is 0 Å². The summed E-state index contributed by atoms with van der Waals surface area (Å²) in [4.78, 5) is 13.5. The average molecular weight is 1760 g/mol. The zero-order chi connectivity index (χ0) is 88.2. The van der Waals surface area contributed by atoms with E-state index in [0.717, 1.165) is 51.4 Å². The maximum absolute atomic E-state index is 13.5. The van der Waals surface area contributed by atoms with Gasteiger partial charge >= 0.3 is 0 Å². The second kappa shape index (κ2) is 56.3. The van der Waals surface area contributed by atoms with Gasteiger partial charge in [0.1, 0.15) is 171 Å². The molecule has 0 aliphatic carbocycles. The normalized spacial score (nSPS) is 39.3. The van der Waals surface area contributed by atoms with Gasteiger partial charge < -0.3 is 189 Å². The summed E-state index contributed by atoms with van der Waals surface area (Å²) >= 11 is 0. The van der Waals surface area contributed by atoms with Crippen molar-refractivity contribution >= 4 is 5.91 Å². The summed E-state index contributed by atoms with van der Waals surface area (Å²) < 4.78 is 80.7. The predicted octanol–water partition coefficient (Wildman–Crippen LogP) is -3.33. The molecule has 1 amide bonds. The van der Waals surface area contributed by atoms with Crippen molar-refractivity contribution in [3.63, 3.8) is 0 Å². The number of aliphatic hydroxyl groups excluding tert-OH is 23. The number of aliphatic hydroxyl groups is 23. The molecular weight excluding hydrogens is 1610 g/mol. The molecule has 710 valence electrons. The Kier molecular flexibility index (Phi) is 49.3. The SMILES string of the molecule is CCCCCCCCCCCCC/C=C/[C@@H](O)[C@H](CO[C@@H]1OC(CO)[C@@H](O[C@@H]2OC(CO)[C@H](O[C@@H]3OC(CO)[C@H](O)[C@H](O[C@H]4OC(CO)[C@H](O)[C@H](O[C@H]5OC(CO)[C@H](O)[C@H](O[C@H]6OC(CO)[C@H](O)[C@H](O[C@H]7OC(CO)[C@H](O)[C@H](O)C7O)C6O)C5O)C4O)C3O)[C@H](O)C2O)[C@H](O)C1O)NC(=O)CCCCCCCCCCCCCCCCCCCCC. The Morgan fingerprint density at radius 2 is 0.537 bits per heavy atom. The van der Waals surface area contributed by atoms with Crippen molar-refractivity contribution in [2.45, 2.75) is 446 Å². The molecule has 24 N–H and O–H groups in total. The number of hydrogen-bond acceptors (Lipinski definition) is 38. The molecule has 39 nitrogen and oxygen atoms in total. The van der Waals surface area contributed by atoms with E-state index in [0.29, 0.717) is 12.8 Å². The molecule has 7 aliphatic rings. The second-order valence-corrected chi connectivity index (χ2v) is 33.4. The van der Waals surface area contributed by atoms with Crippen molar-refractivity contribution in [2.75, 3.05) is 52.9 Å². The monoisotopic (exact) mass is 1760 g/mol. The molecule has 0 aromatic carbocycles. The molecule has 0 radical (unpaired) electrons. The zero-order valence-corrected chi connectivity index (χ0v) is 70.2. The lowest BCUT2D eigenvalue weighted by atomic mass is 9.95. The number of unbranched alkanes of at least 4 members (excludes halogenated alkanes) is 29. The number of allylic oxidation sites excluding steroid dienone is 1. The van der Waals surface area contributed by atoms with Gasteiger partial charge in [0.25, 0.3) is 0 Å². The van der Waals surface area contributed by atoms with E-state index in [1.165, 1.54) is 135 Å². The lowest BCUT2D eigenvalue weighted by Gasteiger charge is -2.50. The van der Waals surface area contributed by atoms with Crippen LogP contribution in [0.15, 0.2) is 12.2 Å². The van der Waals surface area contributed by atoms with Gasteiger partial charge in [0.05, 0.1) is 65.0 Å². The molecule has 37 atom stereocenters. The fourth-order valence-electron chi connectivity index (χ4n) is 16.5. The molecule has 0 spiro atoms. The molecule has 0 bridgehead atoms. The van der Waals surface area contributed by atoms with Crippen LogP contribution in [0.25, 0.3) is 0 Å². The zero-order valence-electron chi connectivity index (χ0n) is 70.2. The number of carbonyl (C=O) groups is 1. The lowest BCUT2D eigenvalue weighted by Crippen LogP contribution is -2.68. The predicted molar refractivity (Wildman–Crippen MR) is 422 cm³/mol. The number of nitrogens with one attached hydrogen (secondary N) is 1. The number of rotatable bonds is 57. The molecule has 7 aliphatic heterocycles. The molecule has 7 rings (SSSR count).